The standard InChI is InChI=1S/2C7H10N.Fe/c2*1-8(2)7-5-3-4-6-7;/h2*3-6H,1-2H3;/q-5;-1;. The molecule has 0 aromatic heterocycles. The first-order valence-corrected chi connectivity index (χ1v) is 5.39. The maximum atomic E-state index is 2.08. The van der Waals surface area contributed by atoms with Crippen molar-refractivity contribution in [2.75, 3.05) is 38.0 Å². The van der Waals surface area contributed by atoms with Crippen molar-refractivity contribution in [3.63, 3.8) is 0 Å². The monoisotopic (exact) mass is 272 g/mol. The van der Waals surface area contributed by atoms with Crippen LogP contribution in [0.25, 0.3) is 0 Å². The molecule has 0 amide bonds. The molecule has 0 aliphatic carbocycles. The summed E-state index contributed by atoms with van der Waals surface area (Å²) in [5.41, 5.74) is 2.54. The third kappa shape index (κ3) is 5.62. The van der Waals surface area contributed by atoms with Crippen LogP contribution in [0.15, 0.2) is 48.5 Å². The summed E-state index contributed by atoms with van der Waals surface area (Å²) >= 11 is 0. The zero-order valence-electron chi connectivity index (χ0n) is 10.9. The normalized spacial score (nSPS) is 8.71. The van der Waals surface area contributed by atoms with Gasteiger partial charge < -0.3 is 39.8 Å². The van der Waals surface area contributed by atoms with Crippen LogP contribution in [0, 0.1) is 0 Å². The second-order valence-electron chi connectivity index (χ2n) is 4.08. The zero-order valence-corrected chi connectivity index (χ0v) is 12.0. The van der Waals surface area contributed by atoms with Crippen molar-refractivity contribution in [1.29, 1.82) is 0 Å². The molecule has 0 N–H and O–H groups in total. The van der Waals surface area contributed by atoms with Crippen molar-refractivity contribution >= 4 is 11.4 Å². The third-order valence-corrected chi connectivity index (χ3v) is 2.32. The Kier molecular flexibility index (Phi) is 7.44. The summed E-state index contributed by atoms with van der Waals surface area (Å²) in [6.45, 7) is 0. The summed E-state index contributed by atoms with van der Waals surface area (Å²) in [5, 5.41) is 0. The van der Waals surface area contributed by atoms with Gasteiger partial charge in [0.1, 0.15) is 0 Å². The molecular formula is C14H20FeN2-6. The van der Waals surface area contributed by atoms with Gasteiger partial charge in [-0.2, -0.15) is 12.1 Å². The molecule has 17 heavy (non-hydrogen) atoms. The molecule has 0 unspecified atom stereocenters. The fourth-order valence-corrected chi connectivity index (χ4v) is 1.32. The summed E-state index contributed by atoms with van der Waals surface area (Å²) in [6.07, 6.45) is 0. The van der Waals surface area contributed by atoms with E-state index in [4.69, 9.17) is 0 Å². The molecule has 0 saturated heterocycles. The second kappa shape index (κ2) is 7.99. The van der Waals surface area contributed by atoms with Gasteiger partial charge in [0.2, 0.25) is 0 Å². The number of hydrogen-bond donors (Lipinski definition) is 0. The van der Waals surface area contributed by atoms with Crippen molar-refractivity contribution in [3.05, 3.63) is 48.5 Å². The van der Waals surface area contributed by atoms with E-state index in [1.165, 1.54) is 11.4 Å². The van der Waals surface area contributed by atoms with Crippen molar-refractivity contribution in [1.82, 2.24) is 0 Å². The Morgan fingerprint density at radius 3 is 1.53 bits per heavy atom. The van der Waals surface area contributed by atoms with Crippen LogP contribution in [0.3, 0.4) is 0 Å². The maximum absolute atomic E-state index is 2.08. The maximum Gasteiger partial charge on any atom is 0 e. The third-order valence-electron chi connectivity index (χ3n) is 2.32. The molecule has 2 aromatic rings. The van der Waals surface area contributed by atoms with Crippen molar-refractivity contribution < 1.29 is 17.1 Å². The van der Waals surface area contributed by atoms with Gasteiger partial charge in [0, 0.05) is 17.1 Å². The molecule has 0 aliphatic rings. The average molecular weight is 272 g/mol. The first-order valence-electron chi connectivity index (χ1n) is 5.39. The van der Waals surface area contributed by atoms with Gasteiger partial charge in [-0.1, -0.05) is 5.69 Å². The molecule has 0 saturated carbocycles. The predicted molar refractivity (Wildman–Crippen MR) is 72.7 cm³/mol. The van der Waals surface area contributed by atoms with E-state index in [1.54, 1.807) is 0 Å². The quantitative estimate of drug-likeness (QED) is 0.612. The van der Waals surface area contributed by atoms with Crippen LogP contribution in [0.5, 0.6) is 0 Å². The van der Waals surface area contributed by atoms with Crippen LogP contribution in [-0.4, -0.2) is 28.2 Å². The molecule has 3 heteroatoms. The van der Waals surface area contributed by atoms with E-state index in [2.05, 4.69) is 34.1 Å². The minimum absolute atomic E-state index is 0. The van der Waals surface area contributed by atoms with Gasteiger partial charge >= 0.3 is 0 Å². The summed E-state index contributed by atoms with van der Waals surface area (Å²) < 4.78 is 0. The van der Waals surface area contributed by atoms with Gasteiger partial charge in [0.05, 0.1) is 0 Å². The number of nitrogens with zero attached hydrogens (tertiary/aromatic N) is 2. The molecule has 0 bridgehead atoms. The van der Waals surface area contributed by atoms with Crippen LogP contribution in [-0.2, 0) is 17.1 Å². The van der Waals surface area contributed by atoms with Gasteiger partial charge in [-0.25, -0.2) is 12.1 Å². The van der Waals surface area contributed by atoms with Crippen LogP contribution >= 0.6 is 0 Å². The SMILES string of the molecule is CN(C)[c-]1[cH-][cH-][cH-][cH-]1.CN(C)[c-]1cccc1.[Fe]. The Hall–Kier alpha value is -1.18. The Labute approximate surface area is 115 Å². The van der Waals surface area contributed by atoms with Crippen molar-refractivity contribution in [3.8, 4) is 0 Å². The van der Waals surface area contributed by atoms with Gasteiger partial charge in [-0.05, 0) is 28.2 Å². The molecule has 2 nitrogen and oxygen atoms in total. The average Bonchev–Trinajstić information content (AvgIpc) is 2.93. The molecular weight excluding hydrogens is 252 g/mol. The molecule has 2 aromatic carbocycles. The first kappa shape index (κ1) is 15.8. The van der Waals surface area contributed by atoms with Gasteiger partial charge in [0.25, 0.3) is 0 Å². The van der Waals surface area contributed by atoms with Crippen molar-refractivity contribution in [2.24, 2.45) is 0 Å². The zero-order chi connectivity index (χ0) is 12.0. The number of anilines is 2. The van der Waals surface area contributed by atoms with E-state index >= 15 is 0 Å². The Morgan fingerprint density at radius 2 is 1.29 bits per heavy atom. The smallest absolute Gasteiger partial charge is 0 e. The number of rotatable bonds is 2. The number of hydrogen-bond acceptors (Lipinski definition) is 2. The van der Waals surface area contributed by atoms with E-state index in [1.807, 2.05) is 52.5 Å². The predicted octanol–water partition coefficient (Wildman–Crippen LogP) is 2.94. The Bertz CT molecular complexity index is 323. The summed E-state index contributed by atoms with van der Waals surface area (Å²) in [5.74, 6) is 0. The molecule has 0 atom stereocenters. The van der Waals surface area contributed by atoms with E-state index in [0.29, 0.717) is 0 Å². The van der Waals surface area contributed by atoms with Crippen LogP contribution in [0.2, 0.25) is 0 Å². The molecule has 0 aliphatic heterocycles. The van der Waals surface area contributed by atoms with E-state index in [0.717, 1.165) is 0 Å². The molecule has 0 spiro atoms. The van der Waals surface area contributed by atoms with E-state index in [9.17, 15) is 0 Å². The summed E-state index contributed by atoms with van der Waals surface area (Å²) in [6, 6.07) is 16.5. The van der Waals surface area contributed by atoms with Crippen LogP contribution in [0.4, 0.5) is 11.4 Å². The Morgan fingerprint density at radius 1 is 0.824 bits per heavy atom. The fraction of sp³-hybridized carbons (Fsp3) is 0.286. The first-order chi connectivity index (χ1) is 7.61. The fourth-order valence-electron chi connectivity index (χ4n) is 1.32. The Balaban J connectivity index is 0.000000284. The largest absolute Gasteiger partial charge is 0.746 e. The van der Waals surface area contributed by atoms with Gasteiger partial charge in [-0.3, -0.25) is 0 Å². The molecule has 100 valence electrons. The van der Waals surface area contributed by atoms with Crippen molar-refractivity contribution in [2.45, 2.75) is 0 Å². The topological polar surface area (TPSA) is 6.48 Å². The van der Waals surface area contributed by atoms with E-state index in [-0.39, 0.29) is 17.1 Å². The summed E-state index contributed by atoms with van der Waals surface area (Å²) in [4.78, 5) is 4.17. The van der Waals surface area contributed by atoms with Crippen LogP contribution < -0.4 is 9.80 Å². The van der Waals surface area contributed by atoms with E-state index < -0.39 is 0 Å². The molecule has 0 heterocycles. The minimum atomic E-state index is 0. The molecule has 0 fully saturated rings. The van der Waals surface area contributed by atoms with Crippen LogP contribution in [0.1, 0.15) is 0 Å². The summed E-state index contributed by atoms with van der Waals surface area (Å²) in [7, 11) is 8.15. The van der Waals surface area contributed by atoms with Gasteiger partial charge in [-0.15, -0.1) is 0 Å². The second-order valence-corrected chi connectivity index (χ2v) is 4.08. The minimum Gasteiger partial charge on any atom is -0.746 e. The van der Waals surface area contributed by atoms with Gasteiger partial charge in [0.15, 0.2) is 0 Å². The molecule has 2 rings (SSSR count). The molecule has 0 radical (unpaired) electrons.